The monoisotopic (exact) mass is 266 g/mol. The average Bonchev–Trinajstić information content (AvgIpc) is 2.71. The second-order valence-electron chi connectivity index (χ2n) is 5.24. The number of carbonyl (C=O) groups excluding carboxylic acids is 1. The molecule has 19 heavy (non-hydrogen) atoms. The quantitative estimate of drug-likeness (QED) is 0.864. The normalized spacial score (nSPS) is 23.2. The van der Waals surface area contributed by atoms with Gasteiger partial charge in [-0.3, -0.25) is 4.79 Å². The van der Waals surface area contributed by atoms with Crippen LogP contribution in [-0.2, 0) is 0 Å². The highest BCUT2D eigenvalue weighted by molar-refractivity contribution is 5.96. The molecule has 4 nitrogen and oxygen atoms in total. The van der Waals surface area contributed by atoms with Crippen molar-refractivity contribution in [3.63, 3.8) is 0 Å². The first-order valence-electron chi connectivity index (χ1n) is 6.30. The molecule has 1 N–H and O–H groups in total. The van der Waals surface area contributed by atoms with Crippen molar-refractivity contribution in [3.05, 3.63) is 35.1 Å². The molecule has 1 aromatic rings. The van der Waals surface area contributed by atoms with E-state index >= 15 is 0 Å². The molecule has 2 atom stereocenters. The maximum absolute atomic E-state index is 13.8. The predicted molar refractivity (Wildman–Crippen MR) is 70.5 cm³/mol. The van der Waals surface area contributed by atoms with E-state index in [9.17, 15) is 14.3 Å². The van der Waals surface area contributed by atoms with E-state index in [1.165, 1.54) is 11.0 Å². The number of likely N-dealkylation sites (N-methyl/N-ethyl adjacent to an activating group) is 1. The van der Waals surface area contributed by atoms with Crippen LogP contribution in [0.4, 0.5) is 4.39 Å². The molecule has 0 bridgehead atoms. The number of aliphatic hydroxyl groups is 1. The summed E-state index contributed by atoms with van der Waals surface area (Å²) < 4.78 is 13.8. The number of hydrogen-bond donors (Lipinski definition) is 1. The fraction of sp³-hybridized carbons (Fsp3) is 0.500. The fourth-order valence-corrected chi connectivity index (χ4v) is 2.50. The van der Waals surface area contributed by atoms with Crippen molar-refractivity contribution in [2.75, 3.05) is 27.2 Å². The molecule has 0 aromatic heterocycles. The third kappa shape index (κ3) is 2.62. The van der Waals surface area contributed by atoms with Crippen molar-refractivity contribution in [2.45, 2.75) is 19.1 Å². The van der Waals surface area contributed by atoms with E-state index < -0.39 is 11.9 Å². The number of carbonyl (C=O) groups is 1. The van der Waals surface area contributed by atoms with Gasteiger partial charge in [0.2, 0.25) is 0 Å². The van der Waals surface area contributed by atoms with Gasteiger partial charge in [0.1, 0.15) is 5.82 Å². The van der Waals surface area contributed by atoms with Crippen LogP contribution in [0.5, 0.6) is 0 Å². The number of rotatable bonds is 2. The molecule has 2 rings (SSSR count). The molecule has 1 amide bonds. The van der Waals surface area contributed by atoms with E-state index in [4.69, 9.17) is 0 Å². The minimum Gasteiger partial charge on any atom is -0.390 e. The zero-order chi connectivity index (χ0) is 14.2. The van der Waals surface area contributed by atoms with Crippen LogP contribution in [0.3, 0.4) is 0 Å². The smallest absolute Gasteiger partial charge is 0.257 e. The van der Waals surface area contributed by atoms with Crippen LogP contribution >= 0.6 is 0 Å². The number of aryl methyl sites for hydroxylation is 1. The van der Waals surface area contributed by atoms with Gasteiger partial charge < -0.3 is 14.9 Å². The van der Waals surface area contributed by atoms with Crippen LogP contribution in [-0.4, -0.2) is 60.1 Å². The number of likely N-dealkylation sites (tertiary alicyclic amines) is 1. The Hall–Kier alpha value is -1.46. The molecule has 0 aliphatic carbocycles. The van der Waals surface area contributed by atoms with E-state index in [1.54, 1.807) is 19.1 Å². The van der Waals surface area contributed by atoms with Gasteiger partial charge in [0.15, 0.2) is 0 Å². The third-order valence-corrected chi connectivity index (χ3v) is 3.65. The fourth-order valence-electron chi connectivity index (χ4n) is 2.50. The molecule has 1 aliphatic heterocycles. The van der Waals surface area contributed by atoms with Gasteiger partial charge in [-0.2, -0.15) is 0 Å². The number of β-amino-alcohol motifs (C(OH)–C–C–N with tert-alkyl or cyclic N) is 1. The van der Waals surface area contributed by atoms with Crippen molar-refractivity contribution >= 4 is 5.91 Å². The molecule has 1 aliphatic rings. The molecule has 0 spiro atoms. The first kappa shape index (κ1) is 14.0. The van der Waals surface area contributed by atoms with Gasteiger partial charge in [0.25, 0.3) is 5.91 Å². The summed E-state index contributed by atoms with van der Waals surface area (Å²) in [6.07, 6.45) is -0.592. The Morgan fingerprint density at radius 3 is 2.63 bits per heavy atom. The number of nitrogens with zero attached hydrogens (tertiary/aromatic N) is 2. The van der Waals surface area contributed by atoms with E-state index in [1.807, 2.05) is 19.0 Å². The van der Waals surface area contributed by atoms with Gasteiger partial charge in [0.05, 0.1) is 17.7 Å². The van der Waals surface area contributed by atoms with E-state index in [0.29, 0.717) is 12.1 Å². The molecular formula is C14H19FN2O2. The van der Waals surface area contributed by atoms with Crippen molar-refractivity contribution in [3.8, 4) is 0 Å². The predicted octanol–water partition coefficient (Wildman–Crippen LogP) is 0.881. The van der Waals surface area contributed by atoms with E-state index in [-0.39, 0.29) is 24.1 Å². The van der Waals surface area contributed by atoms with Gasteiger partial charge >= 0.3 is 0 Å². The number of hydrogen-bond acceptors (Lipinski definition) is 3. The zero-order valence-electron chi connectivity index (χ0n) is 11.4. The highest BCUT2D eigenvalue weighted by Gasteiger charge is 2.36. The molecule has 1 saturated heterocycles. The standard InChI is InChI=1S/C14H19FN2O2/c1-9-5-4-6-10(15)13(9)14(19)17-7-11(16(2)3)12(18)8-17/h4-6,11-12,18H,7-8H2,1-3H3/t11-,12-/m0/s1. The second kappa shape index (κ2) is 5.27. The Kier molecular flexibility index (Phi) is 3.87. The summed E-state index contributed by atoms with van der Waals surface area (Å²) in [7, 11) is 3.71. The molecular weight excluding hydrogens is 247 g/mol. The second-order valence-corrected chi connectivity index (χ2v) is 5.24. The number of amides is 1. The summed E-state index contributed by atoms with van der Waals surface area (Å²) in [5, 5.41) is 9.93. The highest BCUT2D eigenvalue weighted by atomic mass is 19.1. The van der Waals surface area contributed by atoms with Gasteiger partial charge in [-0.25, -0.2) is 4.39 Å². The minimum atomic E-state index is -0.592. The summed E-state index contributed by atoms with van der Waals surface area (Å²) in [6.45, 7) is 2.38. The van der Waals surface area contributed by atoms with Gasteiger partial charge in [0, 0.05) is 13.1 Å². The first-order valence-corrected chi connectivity index (χ1v) is 6.30. The lowest BCUT2D eigenvalue weighted by molar-refractivity contribution is 0.0758. The van der Waals surface area contributed by atoms with Crippen LogP contribution in [0.25, 0.3) is 0 Å². The topological polar surface area (TPSA) is 43.8 Å². The van der Waals surface area contributed by atoms with Crippen LogP contribution in [0.15, 0.2) is 18.2 Å². The first-order chi connectivity index (χ1) is 8.91. The largest absolute Gasteiger partial charge is 0.390 e. The highest BCUT2D eigenvalue weighted by Crippen LogP contribution is 2.20. The summed E-state index contributed by atoms with van der Waals surface area (Å²) in [5.74, 6) is -0.855. The Labute approximate surface area is 112 Å². The number of benzene rings is 1. The lowest BCUT2D eigenvalue weighted by atomic mass is 10.1. The summed E-state index contributed by atoms with van der Waals surface area (Å²) in [5.41, 5.74) is 0.724. The Morgan fingerprint density at radius 2 is 2.11 bits per heavy atom. The maximum atomic E-state index is 13.8. The summed E-state index contributed by atoms with van der Waals surface area (Å²) in [4.78, 5) is 15.8. The molecule has 1 aromatic carbocycles. The van der Waals surface area contributed by atoms with Gasteiger partial charge in [-0.1, -0.05) is 12.1 Å². The SMILES string of the molecule is Cc1cccc(F)c1C(=O)N1C[C@H](O)[C@@H](N(C)C)C1. The van der Waals surface area contributed by atoms with Crippen LogP contribution in [0.1, 0.15) is 15.9 Å². The molecule has 1 heterocycles. The minimum absolute atomic E-state index is 0.101. The lowest BCUT2D eigenvalue weighted by Crippen LogP contribution is -2.38. The number of aliphatic hydroxyl groups excluding tert-OH is 1. The maximum Gasteiger partial charge on any atom is 0.257 e. The summed E-state index contributed by atoms with van der Waals surface area (Å²) in [6, 6.07) is 4.49. The summed E-state index contributed by atoms with van der Waals surface area (Å²) >= 11 is 0. The average molecular weight is 266 g/mol. The van der Waals surface area contributed by atoms with Crippen molar-refractivity contribution < 1.29 is 14.3 Å². The Morgan fingerprint density at radius 1 is 1.42 bits per heavy atom. The van der Waals surface area contributed by atoms with Gasteiger partial charge in [-0.15, -0.1) is 0 Å². The third-order valence-electron chi connectivity index (χ3n) is 3.65. The van der Waals surface area contributed by atoms with Crippen LogP contribution in [0.2, 0.25) is 0 Å². The lowest BCUT2D eigenvalue weighted by Gasteiger charge is -2.21. The Bertz CT molecular complexity index is 470. The number of halogens is 1. The van der Waals surface area contributed by atoms with E-state index in [0.717, 1.165) is 0 Å². The molecule has 5 heteroatoms. The molecule has 0 unspecified atom stereocenters. The van der Waals surface area contributed by atoms with E-state index in [2.05, 4.69) is 0 Å². The van der Waals surface area contributed by atoms with Crippen molar-refractivity contribution in [1.82, 2.24) is 9.80 Å². The zero-order valence-corrected chi connectivity index (χ0v) is 11.4. The van der Waals surface area contributed by atoms with Crippen LogP contribution < -0.4 is 0 Å². The molecule has 1 fully saturated rings. The van der Waals surface area contributed by atoms with Crippen molar-refractivity contribution in [1.29, 1.82) is 0 Å². The molecule has 104 valence electrons. The molecule has 0 radical (unpaired) electrons. The van der Waals surface area contributed by atoms with Crippen molar-refractivity contribution in [2.24, 2.45) is 0 Å². The van der Waals surface area contributed by atoms with Gasteiger partial charge in [-0.05, 0) is 32.6 Å². The molecule has 0 saturated carbocycles. The Balaban J connectivity index is 2.22. The van der Waals surface area contributed by atoms with Crippen LogP contribution in [0, 0.1) is 12.7 Å².